The lowest BCUT2D eigenvalue weighted by Gasteiger charge is -2.20. The van der Waals surface area contributed by atoms with Gasteiger partial charge in [-0.25, -0.2) is 9.59 Å². The molecule has 0 spiro atoms. The maximum Gasteiger partial charge on any atom is 0.426 e. The summed E-state index contributed by atoms with van der Waals surface area (Å²) in [6.07, 6.45) is -7.93. The van der Waals surface area contributed by atoms with Gasteiger partial charge in [0, 0.05) is 0 Å². The summed E-state index contributed by atoms with van der Waals surface area (Å²) in [4.78, 5) is 25.5. The normalized spacial score (nSPS) is 12.8. The van der Waals surface area contributed by atoms with E-state index < -0.39 is 45.7 Å². The minimum absolute atomic E-state index is 0.166. The maximum atomic E-state index is 13.2. The van der Waals surface area contributed by atoms with Crippen LogP contribution in [0, 0.1) is 0 Å². The molecule has 1 atom stereocenters. The van der Waals surface area contributed by atoms with Gasteiger partial charge in [-0.1, -0.05) is 54.3 Å². The second kappa shape index (κ2) is 9.86. The third-order valence-corrected chi connectivity index (χ3v) is 5.59. The average molecular weight is 494 g/mol. The molecule has 34 heavy (non-hydrogen) atoms. The Bertz CT molecular complexity index is 1330. The zero-order valence-corrected chi connectivity index (χ0v) is 18.5. The molecule has 0 aromatic heterocycles. The summed E-state index contributed by atoms with van der Waals surface area (Å²) >= 11 is 0. The van der Waals surface area contributed by atoms with Crippen molar-refractivity contribution in [2.75, 3.05) is 5.75 Å². The van der Waals surface area contributed by atoms with Gasteiger partial charge in [0.2, 0.25) is 6.10 Å². The third-order valence-electron chi connectivity index (χ3n) is 4.86. The van der Waals surface area contributed by atoms with Gasteiger partial charge < -0.3 is 9.47 Å². The van der Waals surface area contributed by atoms with Gasteiger partial charge in [-0.2, -0.15) is 21.6 Å². The van der Waals surface area contributed by atoms with Crippen LogP contribution in [0.2, 0.25) is 0 Å². The van der Waals surface area contributed by atoms with Crippen molar-refractivity contribution in [2.24, 2.45) is 0 Å². The quantitative estimate of drug-likeness (QED) is 0.233. The monoisotopic (exact) mass is 494 g/mol. The summed E-state index contributed by atoms with van der Waals surface area (Å²) in [7, 11) is -3.34. The van der Waals surface area contributed by atoms with Gasteiger partial charge in [0.15, 0.2) is 0 Å². The summed E-state index contributed by atoms with van der Waals surface area (Å²) in [5.41, 5.74) is 0.261. The number of carbonyl (C=O) groups excluding carboxylic acids is 2. The summed E-state index contributed by atoms with van der Waals surface area (Å²) in [6.45, 7) is 0. The molecule has 3 aromatic carbocycles. The molecule has 0 saturated carbocycles. The van der Waals surface area contributed by atoms with Crippen LogP contribution in [-0.4, -0.2) is 50.8 Å². The molecule has 3 aromatic rings. The van der Waals surface area contributed by atoms with Gasteiger partial charge in [0.05, 0.1) is 5.56 Å². The Morgan fingerprint density at radius 3 is 2.29 bits per heavy atom. The molecule has 1 N–H and O–H groups in total. The van der Waals surface area contributed by atoms with E-state index in [4.69, 9.17) is 9.29 Å². The first kappa shape index (κ1) is 25.3. The Labute approximate surface area is 193 Å². The number of rotatable bonds is 7. The molecule has 0 aliphatic carbocycles. The largest absolute Gasteiger partial charge is 0.448 e. The number of esters is 2. The Hall–Kier alpha value is -3.38. The molecule has 0 bridgehead atoms. The van der Waals surface area contributed by atoms with E-state index >= 15 is 0 Å². The molecule has 0 heterocycles. The number of fused-ring (bicyclic) bond motifs is 1. The van der Waals surface area contributed by atoms with Crippen molar-refractivity contribution in [3.8, 4) is 5.75 Å². The van der Waals surface area contributed by atoms with Crippen molar-refractivity contribution < 1.29 is 45.2 Å². The average Bonchev–Trinajstić information content (AvgIpc) is 2.76. The lowest BCUT2D eigenvalue weighted by molar-refractivity contribution is -0.197. The highest BCUT2D eigenvalue weighted by Gasteiger charge is 2.45. The van der Waals surface area contributed by atoms with Gasteiger partial charge in [-0.3, -0.25) is 4.55 Å². The van der Waals surface area contributed by atoms with Crippen LogP contribution >= 0.6 is 0 Å². The Balaban J connectivity index is 1.96. The lowest BCUT2D eigenvalue weighted by Crippen LogP contribution is -2.39. The van der Waals surface area contributed by atoms with Gasteiger partial charge in [-0.15, -0.1) is 0 Å². The number of benzene rings is 3. The van der Waals surface area contributed by atoms with E-state index in [1.165, 1.54) is 18.2 Å². The fraction of sp³-hybridized carbons (Fsp3) is 0.182. The predicted molar refractivity (Wildman–Crippen MR) is 119 cm³/mol. The van der Waals surface area contributed by atoms with Crippen LogP contribution in [0.4, 0.5) is 13.2 Å². The molecule has 0 aliphatic rings. The lowest BCUT2D eigenvalue weighted by atomic mass is 9.96. The molecule has 178 valence electrons. The van der Waals surface area contributed by atoms with Crippen LogP contribution in [0.1, 0.15) is 26.3 Å². The molecule has 7 nitrogen and oxygen atoms in total. The van der Waals surface area contributed by atoms with E-state index in [9.17, 15) is 31.2 Å². The Morgan fingerprint density at radius 1 is 0.971 bits per heavy atom. The summed E-state index contributed by atoms with van der Waals surface area (Å²) in [5, 5.41) is 1.31. The van der Waals surface area contributed by atoms with Crippen molar-refractivity contribution >= 4 is 40.7 Å². The fourth-order valence-corrected chi connectivity index (χ4v) is 3.82. The number of hydrogen-bond acceptors (Lipinski definition) is 6. The minimum Gasteiger partial charge on any atom is -0.448 e. The van der Waals surface area contributed by atoms with E-state index in [-0.39, 0.29) is 11.3 Å². The molecule has 0 aliphatic heterocycles. The van der Waals surface area contributed by atoms with Crippen molar-refractivity contribution in [3.05, 3.63) is 77.4 Å². The van der Waals surface area contributed by atoms with E-state index in [2.05, 4.69) is 4.74 Å². The van der Waals surface area contributed by atoms with Crippen molar-refractivity contribution in [2.45, 2.75) is 18.6 Å². The molecule has 0 radical (unpaired) electrons. The molecule has 1 unspecified atom stereocenters. The number of hydrogen-bond donors (Lipinski definition) is 1. The second-order valence-electron chi connectivity index (χ2n) is 7.28. The Morgan fingerprint density at radius 2 is 1.65 bits per heavy atom. The van der Waals surface area contributed by atoms with E-state index in [0.29, 0.717) is 17.3 Å². The summed E-state index contributed by atoms with van der Waals surface area (Å²) in [5.74, 6) is -4.66. The van der Waals surface area contributed by atoms with Gasteiger partial charge in [0.1, 0.15) is 24.9 Å². The number of alkyl halides is 3. The first-order chi connectivity index (χ1) is 15.9. The molecular formula is C22H18BF3O7S. The highest BCUT2D eigenvalue weighted by Crippen LogP contribution is 2.29. The van der Waals surface area contributed by atoms with Crippen LogP contribution in [-0.2, 0) is 21.2 Å². The van der Waals surface area contributed by atoms with Crippen LogP contribution in [0.3, 0.4) is 0 Å². The van der Waals surface area contributed by atoms with E-state index in [1.807, 2.05) is 0 Å². The smallest absolute Gasteiger partial charge is 0.426 e. The van der Waals surface area contributed by atoms with Crippen LogP contribution in [0.15, 0.2) is 60.7 Å². The summed E-state index contributed by atoms with van der Waals surface area (Å²) in [6, 6.07) is 15.7. The number of carbonyl (C=O) groups is 2. The van der Waals surface area contributed by atoms with E-state index in [1.54, 1.807) is 44.2 Å². The van der Waals surface area contributed by atoms with Gasteiger partial charge in [0.25, 0.3) is 10.1 Å². The minimum atomic E-state index is -5.27. The van der Waals surface area contributed by atoms with Crippen molar-refractivity contribution in [3.63, 3.8) is 0 Å². The third kappa shape index (κ3) is 6.14. The molecular weight excluding hydrogens is 476 g/mol. The van der Waals surface area contributed by atoms with Crippen molar-refractivity contribution in [1.29, 1.82) is 0 Å². The Kier molecular flexibility index (Phi) is 7.32. The highest BCUT2D eigenvalue weighted by molar-refractivity contribution is 7.85. The number of halogens is 3. The highest BCUT2D eigenvalue weighted by atomic mass is 32.2. The summed E-state index contributed by atoms with van der Waals surface area (Å²) < 4.78 is 80.0. The zero-order valence-electron chi connectivity index (χ0n) is 17.7. The molecule has 0 fully saturated rings. The SMILES string of the molecule is BCc1ccc(C(=O)OC(CS(=O)(=O)O)C(F)(F)F)c(OC(=O)c2cccc3ccccc23)c1. The molecule has 12 heteroatoms. The fourth-order valence-electron chi connectivity index (χ4n) is 3.18. The number of ether oxygens (including phenoxy) is 2. The maximum absolute atomic E-state index is 13.2. The van der Waals surface area contributed by atoms with Crippen LogP contribution in [0.25, 0.3) is 10.8 Å². The topological polar surface area (TPSA) is 107 Å². The van der Waals surface area contributed by atoms with Gasteiger partial charge >= 0.3 is 18.1 Å². The standard InChI is InChI=1S/C22H18BF3O7S/c23-11-13-8-9-17(21(28)33-19(22(24,25)26)12-34(29,30)31)18(10-13)32-20(27)16-7-3-5-14-4-1-2-6-15(14)16/h1-10,19H,11-12,23H2,(H,29,30,31). The molecule has 0 saturated heterocycles. The van der Waals surface area contributed by atoms with Crippen molar-refractivity contribution in [1.82, 2.24) is 0 Å². The zero-order chi connectivity index (χ0) is 25.1. The van der Waals surface area contributed by atoms with Crippen LogP contribution in [0.5, 0.6) is 5.75 Å². The molecule has 0 amide bonds. The second-order valence-corrected chi connectivity index (χ2v) is 8.78. The first-order valence-electron chi connectivity index (χ1n) is 9.94. The first-order valence-corrected chi connectivity index (χ1v) is 11.6. The molecule has 3 rings (SSSR count). The van der Waals surface area contributed by atoms with Crippen LogP contribution < -0.4 is 4.74 Å². The van der Waals surface area contributed by atoms with Gasteiger partial charge in [-0.05, 0) is 29.0 Å². The predicted octanol–water partition coefficient (Wildman–Crippen LogP) is 3.17. The van der Waals surface area contributed by atoms with E-state index in [0.717, 1.165) is 11.5 Å².